The Hall–Kier alpha value is -2.49. The first-order valence-electron chi connectivity index (χ1n) is 6.64. The number of rotatable bonds is 5. The summed E-state index contributed by atoms with van der Waals surface area (Å²) in [7, 11) is 0. The fourth-order valence-electron chi connectivity index (χ4n) is 2.06. The van der Waals surface area contributed by atoms with Crippen molar-refractivity contribution in [3.8, 4) is 0 Å². The fourth-order valence-corrected chi connectivity index (χ4v) is 2.06. The number of hydrogen-bond acceptors (Lipinski definition) is 2. The highest BCUT2D eigenvalue weighted by Gasteiger charge is 2.21. The van der Waals surface area contributed by atoms with Gasteiger partial charge in [0.15, 0.2) is 0 Å². The minimum atomic E-state index is -0.959. The Morgan fingerprint density at radius 1 is 0.950 bits per heavy atom. The molecule has 0 bridgehead atoms. The third kappa shape index (κ3) is 3.09. The van der Waals surface area contributed by atoms with Crippen LogP contribution in [0.5, 0.6) is 0 Å². The molecule has 4 heteroatoms. The highest BCUT2D eigenvalue weighted by atomic mass is 16.4. The lowest BCUT2D eigenvalue weighted by atomic mass is 10.2. The zero-order chi connectivity index (χ0) is 14.4. The Kier molecular flexibility index (Phi) is 4.60. The van der Waals surface area contributed by atoms with Crippen molar-refractivity contribution in [3.63, 3.8) is 0 Å². The maximum atomic E-state index is 11.6. The van der Waals surface area contributed by atoms with Gasteiger partial charge in [0, 0.05) is 6.54 Å². The number of amides is 1. The Bertz CT molecular complexity index is 503. The molecule has 2 aromatic rings. The molecule has 0 heterocycles. The number of hydrazine groups is 1. The van der Waals surface area contributed by atoms with Gasteiger partial charge in [0.1, 0.15) is 0 Å². The largest absolute Gasteiger partial charge is 0.464 e. The van der Waals surface area contributed by atoms with Gasteiger partial charge in [-0.25, -0.2) is 14.8 Å². The van der Waals surface area contributed by atoms with Crippen molar-refractivity contribution >= 4 is 17.5 Å². The Morgan fingerprint density at radius 3 is 1.75 bits per heavy atom. The average molecular weight is 270 g/mol. The molecule has 1 N–H and O–H groups in total. The molecule has 0 atom stereocenters. The van der Waals surface area contributed by atoms with Gasteiger partial charge in [-0.05, 0) is 30.7 Å². The maximum absolute atomic E-state index is 11.6. The van der Waals surface area contributed by atoms with Crippen molar-refractivity contribution in [3.05, 3.63) is 60.7 Å². The number of nitrogens with zero attached hydrogens (tertiary/aromatic N) is 2. The van der Waals surface area contributed by atoms with Crippen LogP contribution in [0, 0.1) is 0 Å². The molecule has 0 aliphatic carbocycles. The lowest BCUT2D eigenvalue weighted by Gasteiger charge is -2.34. The monoisotopic (exact) mass is 270 g/mol. The molecule has 0 fully saturated rings. The topological polar surface area (TPSA) is 43.8 Å². The van der Waals surface area contributed by atoms with E-state index in [1.807, 2.05) is 67.6 Å². The van der Waals surface area contributed by atoms with Crippen molar-refractivity contribution in [1.29, 1.82) is 0 Å². The van der Waals surface area contributed by atoms with Gasteiger partial charge in [-0.1, -0.05) is 43.3 Å². The molecule has 4 nitrogen and oxygen atoms in total. The molecule has 0 unspecified atom stereocenters. The summed E-state index contributed by atoms with van der Waals surface area (Å²) in [5.74, 6) is 0. The van der Waals surface area contributed by atoms with E-state index in [4.69, 9.17) is 0 Å². The molecular weight excluding hydrogens is 252 g/mol. The first-order valence-corrected chi connectivity index (χ1v) is 6.64. The molecule has 0 spiro atoms. The van der Waals surface area contributed by atoms with Gasteiger partial charge >= 0.3 is 6.09 Å². The SMILES string of the molecule is CCCN(C(=O)O)N(c1ccccc1)c1ccccc1. The van der Waals surface area contributed by atoms with Crippen LogP contribution in [0.25, 0.3) is 0 Å². The van der Waals surface area contributed by atoms with Gasteiger partial charge in [-0.15, -0.1) is 0 Å². The van der Waals surface area contributed by atoms with Crippen molar-refractivity contribution in [2.75, 3.05) is 11.6 Å². The summed E-state index contributed by atoms with van der Waals surface area (Å²) in [5.41, 5.74) is 1.66. The minimum absolute atomic E-state index is 0.444. The number of carboxylic acid groups (broad SMARTS) is 1. The van der Waals surface area contributed by atoms with Crippen LogP contribution in [-0.2, 0) is 0 Å². The number of carbonyl (C=O) groups is 1. The van der Waals surface area contributed by atoms with Gasteiger partial charge in [0.25, 0.3) is 0 Å². The Morgan fingerprint density at radius 2 is 1.40 bits per heavy atom. The molecule has 0 radical (unpaired) electrons. The molecule has 0 saturated heterocycles. The predicted octanol–water partition coefficient (Wildman–Crippen LogP) is 4.13. The van der Waals surface area contributed by atoms with Crippen LogP contribution in [-0.4, -0.2) is 22.8 Å². The van der Waals surface area contributed by atoms with Crippen LogP contribution in [0.1, 0.15) is 13.3 Å². The van der Waals surface area contributed by atoms with Crippen molar-refractivity contribution in [2.45, 2.75) is 13.3 Å². The normalized spacial score (nSPS) is 10.1. The Labute approximate surface area is 118 Å². The molecule has 2 aromatic carbocycles. The molecule has 0 saturated carbocycles. The molecule has 0 aromatic heterocycles. The van der Waals surface area contributed by atoms with E-state index in [0.717, 1.165) is 17.8 Å². The minimum Gasteiger partial charge on any atom is -0.464 e. The van der Waals surface area contributed by atoms with Crippen LogP contribution >= 0.6 is 0 Å². The molecule has 104 valence electrons. The smallest absolute Gasteiger partial charge is 0.426 e. The summed E-state index contributed by atoms with van der Waals surface area (Å²) in [5, 5.41) is 12.5. The van der Waals surface area contributed by atoms with E-state index in [1.54, 1.807) is 5.01 Å². The fraction of sp³-hybridized carbons (Fsp3) is 0.188. The first kappa shape index (κ1) is 13.9. The molecule has 2 rings (SSSR count). The maximum Gasteiger partial charge on any atom is 0.426 e. The highest BCUT2D eigenvalue weighted by Crippen LogP contribution is 2.27. The zero-order valence-electron chi connectivity index (χ0n) is 11.4. The van der Waals surface area contributed by atoms with E-state index in [-0.39, 0.29) is 0 Å². The second-order valence-corrected chi connectivity index (χ2v) is 4.39. The Balaban J connectivity index is 2.46. The van der Waals surface area contributed by atoms with Crippen LogP contribution in [0.15, 0.2) is 60.7 Å². The van der Waals surface area contributed by atoms with Crippen LogP contribution in [0.3, 0.4) is 0 Å². The van der Waals surface area contributed by atoms with Crippen LogP contribution in [0.4, 0.5) is 16.2 Å². The quantitative estimate of drug-likeness (QED) is 0.831. The second-order valence-electron chi connectivity index (χ2n) is 4.39. The lowest BCUT2D eigenvalue weighted by Crippen LogP contribution is -2.43. The summed E-state index contributed by atoms with van der Waals surface area (Å²) in [6.45, 7) is 2.41. The number of para-hydroxylation sites is 2. The predicted molar refractivity (Wildman–Crippen MR) is 80.0 cm³/mol. The first-order chi connectivity index (χ1) is 9.74. The summed E-state index contributed by atoms with van der Waals surface area (Å²) in [4.78, 5) is 11.6. The van der Waals surface area contributed by atoms with Gasteiger partial charge in [-0.2, -0.15) is 0 Å². The van der Waals surface area contributed by atoms with Crippen molar-refractivity contribution < 1.29 is 9.90 Å². The third-order valence-corrected chi connectivity index (χ3v) is 2.90. The average Bonchev–Trinajstić information content (AvgIpc) is 2.49. The second kappa shape index (κ2) is 6.61. The lowest BCUT2D eigenvalue weighted by molar-refractivity contribution is 0.145. The number of benzene rings is 2. The van der Waals surface area contributed by atoms with Crippen LogP contribution < -0.4 is 5.01 Å². The number of hydrogen-bond donors (Lipinski definition) is 1. The van der Waals surface area contributed by atoms with E-state index in [9.17, 15) is 9.90 Å². The summed E-state index contributed by atoms with van der Waals surface area (Å²) >= 11 is 0. The van der Waals surface area contributed by atoms with E-state index in [2.05, 4.69) is 0 Å². The van der Waals surface area contributed by atoms with E-state index >= 15 is 0 Å². The van der Waals surface area contributed by atoms with E-state index in [0.29, 0.717) is 6.54 Å². The highest BCUT2D eigenvalue weighted by molar-refractivity contribution is 5.73. The standard InChI is InChI=1S/C16H18N2O2/c1-2-13-17(16(19)20)18(14-9-5-3-6-10-14)15-11-7-4-8-12-15/h3-12H,2,13H2,1H3,(H,19,20). The molecule has 20 heavy (non-hydrogen) atoms. The van der Waals surface area contributed by atoms with Gasteiger partial charge in [0.2, 0.25) is 0 Å². The number of anilines is 2. The summed E-state index contributed by atoms with van der Waals surface area (Å²) < 4.78 is 0. The molecule has 0 aliphatic heterocycles. The van der Waals surface area contributed by atoms with Gasteiger partial charge in [0.05, 0.1) is 11.4 Å². The van der Waals surface area contributed by atoms with Gasteiger partial charge in [-0.3, -0.25) is 0 Å². The third-order valence-electron chi connectivity index (χ3n) is 2.90. The van der Waals surface area contributed by atoms with Crippen molar-refractivity contribution in [2.24, 2.45) is 0 Å². The van der Waals surface area contributed by atoms with Gasteiger partial charge < -0.3 is 5.11 Å². The molecule has 1 amide bonds. The van der Waals surface area contributed by atoms with Crippen molar-refractivity contribution in [1.82, 2.24) is 5.01 Å². The summed E-state index contributed by atoms with van der Waals surface area (Å²) in [6.07, 6.45) is -0.206. The summed E-state index contributed by atoms with van der Waals surface area (Å²) in [6, 6.07) is 19.0. The van der Waals surface area contributed by atoms with Crippen LogP contribution in [0.2, 0.25) is 0 Å². The zero-order valence-corrected chi connectivity index (χ0v) is 11.4. The molecule has 0 aliphatic rings. The molecular formula is C16H18N2O2. The van der Waals surface area contributed by atoms with E-state index < -0.39 is 6.09 Å². The van der Waals surface area contributed by atoms with E-state index in [1.165, 1.54) is 5.01 Å².